The molecule has 1 unspecified atom stereocenters. The van der Waals surface area contributed by atoms with Crippen molar-refractivity contribution >= 4 is 35.6 Å². The Hall–Kier alpha value is -4.32. The second-order valence-electron chi connectivity index (χ2n) is 9.18. The highest BCUT2D eigenvalue weighted by Gasteiger charge is 2.42. The lowest BCUT2D eigenvalue weighted by molar-refractivity contribution is -0.192. The summed E-state index contributed by atoms with van der Waals surface area (Å²) in [6, 6.07) is 0.905. The van der Waals surface area contributed by atoms with E-state index in [1.165, 1.54) is 0 Å². The van der Waals surface area contributed by atoms with E-state index >= 15 is 0 Å². The molecule has 232 valence electrons. The normalized spacial score (nSPS) is 19.7. The number of halogens is 3. The molecule has 15 nitrogen and oxygen atoms in total. The first-order valence-corrected chi connectivity index (χ1v) is 12.5. The molecule has 0 bridgehead atoms. The molecule has 3 rings (SSSR count). The van der Waals surface area contributed by atoms with Crippen LogP contribution in [-0.2, 0) is 33.5 Å². The molecule has 5 N–H and O–H groups in total. The number of alkyl halides is 3. The third kappa shape index (κ3) is 9.37. The van der Waals surface area contributed by atoms with Crippen LogP contribution in [0, 0.1) is 0 Å². The van der Waals surface area contributed by atoms with E-state index in [-0.39, 0.29) is 31.5 Å². The molecular weight excluding hydrogens is 573 g/mol. The molecule has 0 spiro atoms. The number of carboxylic acids is 2. The van der Waals surface area contributed by atoms with Gasteiger partial charge in [0.1, 0.15) is 12.6 Å². The van der Waals surface area contributed by atoms with Crippen LogP contribution < -0.4 is 11.1 Å². The zero-order valence-corrected chi connectivity index (χ0v) is 22.5. The van der Waals surface area contributed by atoms with Gasteiger partial charge >= 0.3 is 24.1 Å². The minimum atomic E-state index is -5.08. The Morgan fingerprint density at radius 3 is 2.29 bits per heavy atom. The summed E-state index contributed by atoms with van der Waals surface area (Å²) in [5, 5.41) is 19.4. The van der Waals surface area contributed by atoms with E-state index in [9.17, 15) is 37.1 Å². The van der Waals surface area contributed by atoms with Crippen molar-refractivity contribution in [2.24, 2.45) is 5.73 Å². The summed E-state index contributed by atoms with van der Waals surface area (Å²) in [4.78, 5) is 78.9. The second-order valence-corrected chi connectivity index (χ2v) is 9.18. The zero-order valence-electron chi connectivity index (χ0n) is 22.5. The van der Waals surface area contributed by atoms with Crippen LogP contribution in [0.3, 0.4) is 0 Å². The molecule has 0 aliphatic carbocycles. The molecule has 0 aromatic carbocycles. The van der Waals surface area contributed by atoms with E-state index < -0.39 is 60.9 Å². The number of methoxy groups -OCH3 is 1. The number of aromatic nitrogens is 1. The number of nitrogens with zero attached hydrogens (tertiary/aromatic N) is 4. The molecule has 42 heavy (non-hydrogen) atoms. The van der Waals surface area contributed by atoms with Crippen LogP contribution in [0.5, 0.6) is 0 Å². The first-order valence-electron chi connectivity index (χ1n) is 12.5. The highest BCUT2D eigenvalue weighted by atomic mass is 19.4. The molecular formula is C24H31F3N6O9. The summed E-state index contributed by atoms with van der Waals surface area (Å²) < 4.78 is 36.4. The number of carbonyl (C=O) groups excluding carboxylic acids is 4. The van der Waals surface area contributed by atoms with Gasteiger partial charge in [0.15, 0.2) is 0 Å². The molecule has 1 aromatic rings. The number of rotatable bonds is 8. The fraction of sp³-hybridized carbons (Fsp3) is 0.542. The van der Waals surface area contributed by atoms with Crippen LogP contribution in [0.1, 0.15) is 24.4 Å². The van der Waals surface area contributed by atoms with Crippen LogP contribution in [0.15, 0.2) is 24.5 Å². The van der Waals surface area contributed by atoms with Gasteiger partial charge in [-0.15, -0.1) is 0 Å². The van der Waals surface area contributed by atoms with Crippen LogP contribution in [0.4, 0.5) is 13.2 Å². The van der Waals surface area contributed by atoms with Crippen LogP contribution in [-0.4, -0.2) is 130 Å². The van der Waals surface area contributed by atoms with Crippen LogP contribution in [0.2, 0.25) is 0 Å². The molecule has 2 aliphatic rings. The van der Waals surface area contributed by atoms with Crippen molar-refractivity contribution in [1.29, 1.82) is 0 Å². The van der Waals surface area contributed by atoms with Gasteiger partial charge in [0, 0.05) is 45.1 Å². The van der Waals surface area contributed by atoms with Gasteiger partial charge in [-0.1, -0.05) is 0 Å². The number of carbonyl (C=O) groups is 6. The van der Waals surface area contributed by atoms with E-state index in [0.717, 1.165) is 22.5 Å². The Balaban J connectivity index is 0.000000782. The van der Waals surface area contributed by atoms with Crippen molar-refractivity contribution in [3.05, 3.63) is 30.1 Å². The highest BCUT2D eigenvalue weighted by molar-refractivity contribution is 5.96. The SMILES string of the molecule is COC(=O)C[C@@H]1C(=O)N(CC(=O)O)CCN1C(=O)[C@@H](N)CC(=O)N1CCNCC1c1ccncc1.O=C(O)C(F)(F)F. The number of hydrogen-bond acceptors (Lipinski definition) is 10. The smallest absolute Gasteiger partial charge is 0.480 e. The molecule has 2 saturated heterocycles. The molecule has 18 heteroatoms. The van der Waals surface area contributed by atoms with Gasteiger partial charge in [0.05, 0.1) is 32.0 Å². The maximum absolute atomic E-state index is 13.2. The first-order chi connectivity index (χ1) is 19.7. The number of hydrogen-bond donors (Lipinski definition) is 4. The summed E-state index contributed by atoms with van der Waals surface area (Å²) in [6.45, 7) is 0.968. The van der Waals surface area contributed by atoms with Gasteiger partial charge in [-0.05, 0) is 17.7 Å². The highest BCUT2D eigenvalue weighted by Crippen LogP contribution is 2.23. The fourth-order valence-corrected chi connectivity index (χ4v) is 4.35. The lowest BCUT2D eigenvalue weighted by atomic mass is 10.0. The number of esters is 1. The molecule has 1 aromatic heterocycles. The van der Waals surface area contributed by atoms with E-state index in [0.29, 0.717) is 19.6 Å². The van der Waals surface area contributed by atoms with Gasteiger partial charge in [0.25, 0.3) is 0 Å². The lowest BCUT2D eigenvalue weighted by Gasteiger charge is -2.41. The lowest BCUT2D eigenvalue weighted by Crippen LogP contribution is -2.62. The van der Waals surface area contributed by atoms with Gasteiger partial charge in [-0.3, -0.25) is 29.0 Å². The number of pyridine rings is 1. The average Bonchev–Trinajstić information content (AvgIpc) is 2.94. The molecule has 3 heterocycles. The maximum atomic E-state index is 13.2. The Labute approximate surface area is 237 Å². The van der Waals surface area contributed by atoms with E-state index in [2.05, 4.69) is 15.0 Å². The number of piperazine rings is 2. The third-order valence-electron chi connectivity index (χ3n) is 6.39. The van der Waals surface area contributed by atoms with Gasteiger partial charge < -0.3 is 40.7 Å². The molecule has 3 atom stereocenters. The molecule has 3 amide bonds. The predicted octanol–water partition coefficient (Wildman–Crippen LogP) is -1.41. The van der Waals surface area contributed by atoms with Crippen molar-refractivity contribution < 1.29 is 56.9 Å². The number of carboxylic acid groups (broad SMARTS) is 2. The summed E-state index contributed by atoms with van der Waals surface area (Å²) in [5.74, 6) is -6.36. The number of amides is 3. The van der Waals surface area contributed by atoms with E-state index in [1.54, 1.807) is 17.3 Å². The molecule has 0 radical (unpaired) electrons. The number of ether oxygens (including phenoxy) is 1. The average molecular weight is 605 g/mol. The summed E-state index contributed by atoms with van der Waals surface area (Å²) in [7, 11) is 1.15. The number of aliphatic carboxylic acids is 2. The van der Waals surface area contributed by atoms with Crippen molar-refractivity contribution in [2.45, 2.75) is 37.1 Å². The third-order valence-corrected chi connectivity index (χ3v) is 6.39. The Kier molecular flexibility index (Phi) is 12.2. The van der Waals surface area contributed by atoms with Gasteiger partial charge in [-0.2, -0.15) is 13.2 Å². The predicted molar refractivity (Wildman–Crippen MR) is 134 cm³/mol. The molecule has 2 aliphatic heterocycles. The Bertz CT molecular complexity index is 1150. The Morgan fingerprint density at radius 1 is 1.12 bits per heavy atom. The molecule has 0 saturated carbocycles. The van der Waals surface area contributed by atoms with Crippen molar-refractivity contribution in [3.63, 3.8) is 0 Å². The summed E-state index contributed by atoms with van der Waals surface area (Å²) >= 11 is 0. The van der Waals surface area contributed by atoms with Crippen molar-refractivity contribution in [1.82, 2.24) is 25.0 Å². The fourth-order valence-electron chi connectivity index (χ4n) is 4.35. The minimum absolute atomic E-state index is 0.0192. The zero-order chi connectivity index (χ0) is 31.6. The maximum Gasteiger partial charge on any atom is 0.490 e. The minimum Gasteiger partial charge on any atom is -0.480 e. The number of nitrogens with one attached hydrogen (secondary N) is 1. The largest absolute Gasteiger partial charge is 0.490 e. The first kappa shape index (κ1) is 33.9. The topological polar surface area (TPSA) is 213 Å². The standard InChI is InChI=1S/C22H30N6O7.C2HF3O2/c1-35-20(32)11-16-22(34)26(13-19(30)31)8-9-28(16)21(33)15(23)10-18(29)27-7-6-25-12-17(27)14-2-4-24-5-3-14;3-2(4,5)1(6)7/h2-5,15-17,25H,6-13,23H2,1H3,(H,30,31);(H,6,7)/t15-,16+,17?;/m0./s1. The van der Waals surface area contributed by atoms with Gasteiger partial charge in [0.2, 0.25) is 17.7 Å². The summed E-state index contributed by atoms with van der Waals surface area (Å²) in [5.41, 5.74) is 7.03. The molecule has 2 fully saturated rings. The summed E-state index contributed by atoms with van der Waals surface area (Å²) in [6.07, 6.45) is -2.52. The Morgan fingerprint density at radius 2 is 1.74 bits per heavy atom. The van der Waals surface area contributed by atoms with Crippen LogP contribution >= 0.6 is 0 Å². The quantitative estimate of drug-likeness (QED) is 0.252. The monoisotopic (exact) mass is 604 g/mol. The van der Waals surface area contributed by atoms with E-state index in [4.69, 9.17) is 20.7 Å². The van der Waals surface area contributed by atoms with Crippen LogP contribution in [0.25, 0.3) is 0 Å². The van der Waals surface area contributed by atoms with E-state index in [1.807, 2.05) is 12.1 Å². The van der Waals surface area contributed by atoms with Crippen molar-refractivity contribution in [2.75, 3.05) is 46.4 Å². The number of nitrogens with two attached hydrogens (primary N) is 1. The van der Waals surface area contributed by atoms with Gasteiger partial charge in [-0.25, -0.2) is 4.79 Å². The van der Waals surface area contributed by atoms with Crippen molar-refractivity contribution in [3.8, 4) is 0 Å². The second kappa shape index (κ2) is 15.1.